The molecule has 0 amide bonds. The third kappa shape index (κ3) is 2.34. The normalized spacial score (nSPS) is 12.2. The van der Waals surface area contributed by atoms with Crippen LogP contribution in [0.3, 0.4) is 0 Å². The van der Waals surface area contributed by atoms with Crippen LogP contribution in [0, 0.1) is 0 Å². The maximum atomic E-state index is 3.16. The Hall–Kier alpha value is -1.12. The van der Waals surface area contributed by atoms with E-state index in [2.05, 4.69) is 48.0 Å². The second-order valence-electron chi connectivity index (χ2n) is 3.92. The van der Waals surface area contributed by atoms with Crippen LogP contribution < -0.4 is 5.32 Å². The molecule has 1 nitrogen and oxygen atoms in total. The topological polar surface area (TPSA) is 12.0 Å². The molecule has 2 heteroatoms. The smallest absolute Gasteiger partial charge is 0.0417 e. The second-order valence-corrected chi connectivity index (χ2v) is 4.84. The van der Waals surface area contributed by atoms with Crippen molar-refractivity contribution in [3.05, 3.63) is 41.3 Å². The SMILES string of the molecule is CNCC/C=C(/C)c1cccc2ccsc12. The summed E-state index contributed by atoms with van der Waals surface area (Å²) < 4.78 is 1.40. The summed E-state index contributed by atoms with van der Waals surface area (Å²) in [6.07, 6.45) is 3.40. The maximum Gasteiger partial charge on any atom is 0.0417 e. The Morgan fingerprint density at radius 1 is 1.38 bits per heavy atom. The highest BCUT2D eigenvalue weighted by molar-refractivity contribution is 7.17. The minimum absolute atomic E-state index is 1.04. The van der Waals surface area contributed by atoms with Crippen LogP contribution in [0.15, 0.2) is 35.7 Å². The summed E-state index contributed by atoms with van der Waals surface area (Å²) in [5, 5.41) is 6.68. The van der Waals surface area contributed by atoms with Gasteiger partial charge in [-0.15, -0.1) is 11.3 Å². The molecule has 0 radical (unpaired) electrons. The Balaban J connectivity index is 2.31. The van der Waals surface area contributed by atoms with Gasteiger partial charge in [0.2, 0.25) is 0 Å². The molecule has 2 rings (SSSR count). The van der Waals surface area contributed by atoms with Gasteiger partial charge >= 0.3 is 0 Å². The van der Waals surface area contributed by atoms with E-state index in [9.17, 15) is 0 Å². The summed E-state index contributed by atoms with van der Waals surface area (Å²) in [7, 11) is 1.99. The van der Waals surface area contributed by atoms with Crippen molar-refractivity contribution in [2.75, 3.05) is 13.6 Å². The van der Waals surface area contributed by atoms with Gasteiger partial charge in [-0.1, -0.05) is 24.3 Å². The fraction of sp³-hybridized carbons (Fsp3) is 0.286. The first-order chi connectivity index (χ1) is 7.83. The third-order valence-corrected chi connectivity index (χ3v) is 3.71. The van der Waals surface area contributed by atoms with E-state index in [-0.39, 0.29) is 0 Å². The van der Waals surface area contributed by atoms with Crippen LogP contribution in [0.5, 0.6) is 0 Å². The molecule has 2 aromatic rings. The Morgan fingerprint density at radius 3 is 3.06 bits per heavy atom. The monoisotopic (exact) mass is 231 g/mol. The molecule has 0 bridgehead atoms. The van der Waals surface area contributed by atoms with Crippen molar-refractivity contribution >= 4 is 27.0 Å². The molecule has 0 aliphatic heterocycles. The molecule has 0 unspecified atom stereocenters. The van der Waals surface area contributed by atoms with Gasteiger partial charge in [-0.3, -0.25) is 0 Å². The van der Waals surface area contributed by atoms with Gasteiger partial charge in [0.15, 0.2) is 0 Å². The lowest BCUT2D eigenvalue weighted by Crippen LogP contribution is -2.05. The van der Waals surface area contributed by atoms with Crippen molar-refractivity contribution in [1.82, 2.24) is 5.32 Å². The molecule has 1 aromatic carbocycles. The van der Waals surface area contributed by atoms with E-state index in [1.54, 1.807) is 0 Å². The van der Waals surface area contributed by atoms with Crippen LogP contribution in [0.2, 0.25) is 0 Å². The Bertz CT molecular complexity index is 496. The summed E-state index contributed by atoms with van der Waals surface area (Å²) in [5.74, 6) is 0. The Morgan fingerprint density at radius 2 is 2.25 bits per heavy atom. The largest absolute Gasteiger partial charge is 0.319 e. The van der Waals surface area contributed by atoms with Crippen molar-refractivity contribution < 1.29 is 0 Å². The van der Waals surface area contributed by atoms with Crippen molar-refractivity contribution in [3.63, 3.8) is 0 Å². The zero-order valence-electron chi connectivity index (χ0n) is 9.79. The van der Waals surface area contributed by atoms with E-state index in [0.717, 1.165) is 13.0 Å². The third-order valence-electron chi connectivity index (χ3n) is 2.75. The first-order valence-corrected chi connectivity index (χ1v) is 6.49. The number of allylic oxidation sites excluding steroid dienone is 1. The van der Waals surface area contributed by atoms with Gasteiger partial charge in [0.25, 0.3) is 0 Å². The highest BCUT2D eigenvalue weighted by atomic mass is 32.1. The molecule has 0 spiro atoms. The lowest BCUT2D eigenvalue weighted by Gasteiger charge is -2.03. The number of fused-ring (bicyclic) bond motifs is 1. The second kappa shape index (κ2) is 5.28. The minimum Gasteiger partial charge on any atom is -0.319 e. The van der Waals surface area contributed by atoms with Crippen LogP contribution in [-0.2, 0) is 0 Å². The molecule has 1 heterocycles. The van der Waals surface area contributed by atoms with E-state index >= 15 is 0 Å². The van der Waals surface area contributed by atoms with Crippen molar-refractivity contribution in [2.45, 2.75) is 13.3 Å². The van der Waals surface area contributed by atoms with Gasteiger partial charge in [-0.2, -0.15) is 0 Å². The molecule has 0 fully saturated rings. The number of benzene rings is 1. The Kier molecular flexibility index (Phi) is 3.75. The summed E-state index contributed by atoms with van der Waals surface area (Å²) in [6, 6.07) is 8.71. The first-order valence-electron chi connectivity index (χ1n) is 5.61. The lowest BCUT2D eigenvalue weighted by molar-refractivity contribution is 0.808. The van der Waals surface area contributed by atoms with E-state index < -0.39 is 0 Å². The summed E-state index contributed by atoms with van der Waals surface area (Å²) >= 11 is 1.83. The van der Waals surface area contributed by atoms with Gasteiger partial charge in [0.1, 0.15) is 0 Å². The highest BCUT2D eigenvalue weighted by Crippen LogP contribution is 2.29. The molecule has 0 saturated carbocycles. The average Bonchev–Trinajstić information content (AvgIpc) is 2.76. The molecule has 0 atom stereocenters. The minimum atomic E-state index is 1.04. The van der Waals surface area contributed by atoms with Gasteiger partial charge in [0, 0.05) is 4.70 Å². The molecule has 0 saturated heterocycles. The number of thiophene rings is 1. The predicted octanol–water partition coefficient (Wildman–Crippen LogP) is 3.91. The fourth-order valence-corrected chi connectivity index (χ4v) is 2.83. The van der Waals surface area contributed by atoms with Crippen LogP contribution in [-0.4, -0.2) is 13.6 Å². The molecular formula is C14H17NS. The fourth-order valence-electron chi connectivity index (χ4n) is 1.85. The average molecular weight is 231 g/mol. The zero-order chi connectivity index (χ0) is 11.4. The molecule has 1 N–H and O–H groups in total. The van der Waals surface area contributed by atoms with E-state index in [0.29, 0.717) is 0 Å². The molecule has 1 aromatic heterocycles. The van der Waals surface area contributed by atoms with Crippen molar-refractivity contribution in [2.24, 2.45) is 0 Å². The van der Waals surface area contributed by atoms with Crippen LogP contribution in [0.4, 0.5) is 0 Å². The van der Waals surface area contributed by atoms with Crippen LogP contribution in [0.25, 0.3) is 15.7 Å². The molecule has 84 valence electrons. The van der Waals surface area contributed by atoms with Crippen LogP contribution in [0.1, 0.15) is 18.9 Å². The summed E-state index contributed by atoms with van der Waals surface area (Å²) in [5.41, 5.74) is 2.76. The number of hydrogen-bond acceptors (Lipinski definition) is 2. The van der Waals surface area contributed by atoms with Crippen LogP contribution >= 0.6 is 11.3 Å². The van der Waals surface area contributed by atoms with Crippen molar-refractivity contribution in [3.8, 4) is 0 Å². The molecular weight excluding hydrogens is 214 g/mol. The Labute approximate surface area is 101 Å². The lowest BCUT2D eigenvalue weighted by atomic mass is 10.0. The number of nitrogens with one attached hydrogen (secondary N) is 1. The zero-order valence-corrected chi connectivity index (χ0v) is 10.6. The highest BCUT2D eigenvalue weighted by Gasteiger charge is 2.02. The van der Waals surface area contributed by atoms with E-state index in [4.69, 9.17) is 0 Å². The van der Waals surface area contributed by atoms with Gasteiger partial charge in [0.05, 0.1) is 0 Å². The number of hydrogen-bond donors (Lipinski definition) is 1. The van der Waals surface area contributed by atoms with E-state index in [1.807, 2.05) is 18.4 Å². The summed E-state index contributed by atoms with van der Waals surface area (Å²) in [4.78, 5) is 0. The van der Waals surface area contributed by atoms with Crippen molar-refractivity contribution in [1.29, 1.82) is 0 Å². The quantitative estimate of drug-likeness (QED) is 0.787. The van der Waals surface area contributed by atoms with Gasteiger partial charge in [-0.25, -0.2) is 0 Å². The first kappa shape index (κ1) is 11.4. The molecule has 0 aliphatic rings. The maximum absolute atomic E-state index is 3.16. The number of rotatable bonds is 4. The predicted molar refractivity (Wildman–Crippen MR) is 74.0 cm³/mol. The summed E-state index contributed by atoms with van der Waals surface area (Å²) in [6.45, 7) is 3.24. The van der Waals surface area contributed by atoms with E-state index in [1.165, 1.54) is 21.2 Å². The van der Waals surface area contributed by atoms with Gasteiger partial charge < -0.3 is 5.32 Å². The van der Waals surface area contributed by atoms with Gasteiger partial charge in [-0.05, 0) is 54.9 Å². The molecule has 0 aliphatic carbocycles. The molecule has 16 heavy (non-hydrogen) atoms. The standard InChI is InChI=1S/C14H17NS/c1-11(5-4-9-15-2)13-7-3-6-12-8-10-16-14(12)13/h3,5-8,10,15H,4,9H2,1-2H3/b11-5-.